The maximum Gasteiger partial charge on any atom is 0.0790 e. The van der Waals surface area contributed by atoms with Crippen LogP contribution in [0.1, 0.15) is 13.8 Å². The Hall–Kier alpha value is -0.740. The molecule has 0 spiro atoms. The van der Waals surface area contributed by atoms with Crippen molar-refractivity contribution in [2.24, 2.45) is 0 Å². The highest BCUT2D eigenvalue weighted by Crippen LogP contribution is 2.23. The second-order valence-electron chi connectivity index (χ2n) is 2.64. The first kappa shape index (κ1) is 8.36. The summed E-state index contributed by atoms with van der Waals surface area (Å²) in [5.74, 6) is 0. The molecule has 0 aromatic carbocycles. The minimum atomic E-state index is 1.12. The number of allylic oxidation sites excluding steroid dienone is 2. The second kappa shape index (κ2) is 2.71. The van der Waals surface area contributed by atoms with Crippen molar-refractivity contribution in [3.63, 3.8) is 0 Å². The molecule has 0 aromatic rings. The molecule has 0 amide bonds. The van der Waals surface area contributed by atoms with E-state index in [0.717, 1.165) is 5.70 Å². The van der Waals surface area contributed by atoms with E-state index in [1.165, 1.54) is 5.70 Å². The van der Waals surface area contributed by atoms with E-state index in [2.05, 4.69) is 6.92 Å². The molecule has 64 valence electrons. The van der Waals surface area contributed by atoms with Crippen molar-refractivity contribution in [1.29, 1.82) is 0 Å². The molecular weight excluding hydrogens is 142 g/mol. The van der Waals surface area contributed by atoms with Gasteiger partial charge in [-0.3, -0.25) is 9.85 Å². The molecule has 4 nitrogen and oxygen atoms in total. The number of hydrogen-bond acceptors (Lipinski definition) is 4. The fourth-order valence-corrected chi connectivity index (χ4v) is 1.18. The van der Waals surface area contributed by atoms with E-state index in [-0.39, 0.29) is 0 Å². The molecule has 11 heavy (non-hydrogen) atoms. The molecule has 0 saturated heterocycles. The van der Waals surface area contributed by atoms with Crippen LogP contribution in [0.15, 0.2) is 11.4 Å². The van der Waals surface area contributed by atoms with E-state index in [1.54, 1.807) is 12.3 Å². The fraction of sp³-hybridized carbons (Fsp3) is 0.714. The molecule has 0 unspecified atom stereocenters. The number of hydroxylamine groups is 1. The van der Waals surface area contributed by atoms with Crippen molar-refractivity contribution in [3.05, 3.63) is 11.4 Å². The van der Waals surface area contributed by atoms with Gasteiger partial charge in [0, 0.05) is 14.1 Å². The Balaban J connectivity index is 2.86. The highest BCUT2D eigenvalue weighted by Gasteiger charge is 2.26. The zero-order valence-corrected chi connectivity index (χ0v) is 7.75. The lowest BCUT2D eigenvalue weighted by Crippen LogP contribution is -2.40. The van der Waals surface area contributed by atoms with Gasteiger partial charge in [0.25, 0.3) is 0 Å². The molecule has 0 aliphatic carbocycles. The highest BCUT2D eigenvalue weighted by molar-refractivity contribution is 5.08. The van der Waals surface area contributed by atoms with Gasteiger partial charge in [-0.05, 0) is 13.8 Å². The van der Waals surface area contributed by atoms with Crippen LogP contribution in [-0.4, -0.2) is 36.5 Å². The lowest BCUT2D eigenvalue weighted by Gasteiger charge is -2.29. The van der Waals surface area contributed by atoms with Crippen LogP contribution in [0.3, 0.4) is 0 Å². The number of rotatable bonds is 1. The van der Waals surface area contributed by atoms with Gasteiger partial charge < -0.3 is 0 Å². The quantitative estimate of drug-likeness (QED) is 0.560. The van der Waals surface area contributed by atoms with Crippen LogP contribution < -0.4 is 0 Å². The molecule has 0 radical (unpaired) electrons. The van der Waals surface area contributed by atoms with Crippen molar-refractivity contribution in [2.45, 2.75) is 13.8 Å². The zero-order chi connectivity index (χ0) is 8.59. The standard InChI is InChI=1S/C7H15N3O/c1-6-7(2)10(11-5)9(4)8(6)3/h1-5H3. The number of hydrazine groups is 2. The maximum atomic E-state index is 5.14. The first-order valence-electron chi connectivity index (χ1n) is 3.58. The third kappa shape index (κ3) is 1.08. The Morgan fingerprint density at radius 2 is 1.64 bits per heavy atom. The van der Waals surface area contributed by atoms with E-state index < -0.39 is 0 Å². The van der Waals surface area contributed by atoms with Gasteiger partial charge in [-0.25, -0.2) is 0 Å². The summed E-state index contributed by atoms with van der Waals surface area (Å²) in [6.45, 7) is 4.09. The third-order valence-electron chi connectivity index (χ3n) is 2.17. The van der Waals surface area contributed by atoms with Crippen molar-refractivity contribution in [1.82, 2.24) is 15.3 Å². The summed E-state index contributed by atoms with van der Waals surface area (Å²) in [6.07, 6.45) is 0. The molecule has 1 aliphatic rings. The molecule has 1 aliphatic heterocycles. The van der Waals surface area contributed by atoms with Gasteiger partial charge in [0.15, 0.2) is 0 Å². The zero-order valence-electron chi connectivity index (χ0n) is 7.75. The molecule has 4 heteroatoms. The summed E-state index contributed by atoms with van der Waals surface area (Å²) >= 11 is 0. The molecular formula is C7H15N3O. The summed E-state index contributed by atoms with van der Waals surface area (Å²) in [4.78, 5) is 5.14. The lowest BCUT2D eigenvalue weighted by molar-refractivity contribution is -0.272. The molecule has 0 bridgehead atoms. The van der Waals surface area contributed by atoms with Gasteiger partial charge in [0.05, 0.1) is 18.5 Å². The highest BCUT2D eigenvalue weighted by atomic mass is 16.7. The van der Waals surface area contributed by atoms with Gasteiger partial charge in [-0.2, -0.15) is 5.17 Å². The Bertz CT molecular complexity index is 190. The first-order chi connectivity index (χ1) is 5.09. The summed E-state index contributed by atoms with van der Waals surface area (Å²) in [7, 11) is 5.60. The van der Waals surface area contributed by atoms with Crippen molar-refractivity contribution >= 4 is 0 Å². The second-order valence-corrected chi connectivity index (χ2v) is 2.64. The largest absolute Gasteiger partial charge is 0.292 e. The van der Waals surface area contributed by atoms with Gasteiger partial charge in [0.2, 0.25) is 0 Å². The Kier molecular flexibility index (Phi) is 2.06. The van der Waals surface area contributed by atoms with Gasteiger partial charge in [0.1, 0.15) is 0 Å². The molecule has 1 rings (SSSR count). The number of hydrogen-bond donors (Lipinski definition) is 0. The molecule has 0 fully saturated rings. The van der Waals surface area contributed by atoms with E-state index in [9.17, 15) is 0 Å². The minimum absolute atomic E-state index is 1.12. The Morgan fingerprint density at radius 1 is 1.09 bits per heavy atom. The minimum Gasteiger partial charge on any atom is -0.292 e. The van der Waals surface area contributed by atoms with E-state index in [4.69, 9.17) is 4.84 Å². The third-order valence-corrected chi connectivity index (χ3v) is 2.17. The molecule has 0 saturated carbocycles. The van der Waals surface area contributed by atoms with Gasteiger partial charge in [-0.1, -0.05) is 0 Å². The van der Waals surface area contributed by atoms with E-state index >= 15 is 0 Å². The summed E-state index contributed by atoms with van der Waals surface area (Å²) in [6, 6.07) is 0. The van der Waals surface area contributed by atoms with Crippen LogP contribution in [-0.2, 0) is 4.84 Å². The van der Waals surface area contributed by atoms with E-state index in [0.29, 0.717) is 0 Å². The molecule has 0 aromatic heterocycles. The van der Waals surface area contributed by atoms with Gasteiger partial charge in [-0.15, -0.1) is 5.12 Å². The smallest absolute Gasteiger partial charge is 0.0790 e. The molecule has 0 atom stereocenters. The van der Waals surface area contributed by atoms with Crippen LogP contribution in [0.2, 0.25) is 0 Å². The monoisotopic (exact) mass is 157 g/mol. The van der Waals surface area contributed by atoms with Crippen LogP contribution in [0, 0.1) is 0 Å². The lowest BCUT2D eigenvalue weighted by atomic mass is 10.4. The van der Waals surface area contributed by atoms with Crippen molar-refractivity contribution in [3.8, 4) is 0 Å². The Labute approximate surface area is 67.5 Å². The predicted octanol–water partition coefficient (Wildman–Crippen LogP) is 0.808. The molecule has 1 heterocycles. The number of nitrogens with zero attached hydrogens (tertiary/aromatic N) is 3. The average molecular weight is 157 g/mol. The van der Waals surface area contributed by atoms with Crippen molar-refractivity contribution in [2.75, 3.05) is 21.2 Å². The predicted molar refractivity (Wildman–Crippen MR) is 42.7 cm³/mol. The molecule has 0 N–H and O–H groups in total. The van der Waals surface area contributed by atoms with Crippen LogP contribution >= 0.6 is 0 Å². The normalized spacial score (nSPS) is 20.5. The van der Waals surface area contributed by atoms with Gasteiger partial charge >= 0.3 is 0 Å². The van der Waals surface area contributed by atoms with Crippen LogP contribution in [0.4, 0.5) is 0 Å². The first-order valence-corrected chi connectivity index (χ1v) is 3.58. The van der Waals surface area contributed by atoms with Crippen molar-refractivity contribution < 1.29 is 4.84 Å². The summed E-state index contributed by atoms with van der Waals surface area (Å²) < 4.78 is 0. The SMILES string of the molecule is CON1C(C)=C(C)N(C)N1C. The Morgan fingerprint density at radius 3 is 1.82 bits per heavy atom. The average Bonchev–Trinajstić information content (AvgIpc) is 2.17. The fourth-order valence-electron chi connectivity index (χ4n) is 1.18. The van der Waals surface area contributed by atoms with Crippen LogP contribution in [0.5, 0.6) is 0 Å². The maximum absolute atomic E-state index is 5.14. The summed E-state index contributed by atoms with van der Waals surface area (Å²) in [5.41, 5.74) is 2.33. The summed E-state index contributed by atoms with van der Waals surface area (Å²) in [5, 5.41) is 5.68. The van der Waals surface area contributed by atoms with E-state index in [1.807, 2.05) is 31.1 Å². The van der Waals surface area contributed by atoms with Crippen LogP contribution in [0.25, 0.3) is 0 Å². The topological polar surface area (TPSA) is 19.0 Å².